The molecule has 0 saturated heterocycles. The Morgan fingerprint density at radius 3 is 2.76 bits per heavy atom. The first-order valence-electron chi connectivity index (χ1n) is 6.53. The lowest BCUT2D eigenvalue weighted by Crippen LogP contribution is -2.29. The van der Waals surface area contributed by atoms with E-state index < -0.39 is 16.0 Å². The fraction of sp³-hybridized carbons (Fsp3) is 0.500. The van der Waals surface area contributed by atoms with Crippen LogP contribution in [0, 0.1) is 0 Å². The Hall–Kier alpha value is -1.87. The number of nitrogens with zero attached hydrogens (tertiary/aromatic N) is 1. The van der Waals surface area contributed by atoms with E-state index >= 15 is 0 Å². The van der Waals surface area contributed by atoms with E-state index in [4.69, 9.17) is 10.5 Å². The number of carbonyl (C=O) groups is 1. The van der Waals surface area contributed by atoms with Gasteiger partial charge in [0.25, 0.3) is 0 Å². The van der Waals surface area contributed by atoms with Gasteiger partial charge in [-0.15, -0.1) is 0 Å². The van der Waals surface area contributed by atoms with Crippen LogP contribution in [0.1, 0.15) is 24.2 Å². The Labute approximate surface area is 124 Å². The molecule has 1 aromatic heterocycles. The zero-order chi connectivity index (χ0) is 15.9. The Bertz CT molecular complexity index is 589. The van der Waals surface area contributed by atoms with Gasteiger partial charge in [-0.1, -0.05) is 6.92 Å². The lowest BCUT2D eigenvalue weighted by molar-refractivity contribution is 0.0527. The molecule has 1 heterocycles. The molecule has 0 unspecified atom stereocenters. The van der Waals surface area contributed by atoms with Crippen LogP contribution < -0.4 is 15.8 Å². The van der Waals surface area contributed by atoms with E-state index in [0.29, 0.717) is 12.4 Å². The third-order valence-electron chi connectivity index (χ3n) is 2.47. The number of aromatic nitrogens is 1. The van der Waals surface area contributed by atoms with Crippen LogP contribution in [0.3, 0.4) is 0 Å². The molecule has 0 spiro atoms. The molecule has 0 aliphatic heterocycles. The molecule has 0 amide bonds. The predicted octanol–water partition coefficient (Wildman–Crippen LogP) is 0.192. The second-order valence-corrected chi connectivity index (χ2v) is 6.05. The monoisotopic (exact) mass is 316 g/mol. The number of carbonyl (C=O) groups excluding carboxylic acids is 1. The summed E-state index contributed by atoms with van der Waals surface area (Å²) in [6.45, 7) is 4.15. The fourth-order valence-electron chi connectivity index (χ4n) is 1.55. The minimum absolute atomic E-state index is 0.0956. The first-order chi connectivity index (χ1) is 9.89. The highest BCUT2D eigenvalue weighted by Gasteiger charge is 2.13. The number of hydrogen-bond donors (Lipinski definition) is 3. The van der Waals surface area contributed by atoms with Crippen LogP contribution in [0.25, 0.3) is 0 Å². The number of esters is 1. The maximum absolute atomic E-state index is 11.7. The molecule has 4 N–H and O–H groups in total. The quantitative estimate of drug-likeness (QED) is 0.585. The van der Waals surface area contributed by atoms with Crippen LogP contribution in [-0.4, -0.2) is 44.8 Å². The number of nitrogen functional groups attached to an aromatic ring is 1. The van der Waals surface area contributed by atoms with Crippen LogP contribution >= 0.6 is 0 Å². The number of nitrogens with one attached hydrogen (secondary N) is 2. The summed E-state index contributed by atoms with van der Waals surface area (Å²) in [6, 6.07) is 1.44. The van der Waals surface area contributed by atoms with E-state index in [1.165, 1.54) is 12.3 Å². The number of sulfonamides is 1. The number of pyridine rings is 1. The molecular formula is C12H20N4O4S. The van der Waals surface area contributed by atoms with Crippen molar-refractivity contribution in [1.82, 2.24) is 9.71 Å². The first kappa shape index (κ1) is 17.2. The van der Waals surface area contributed by atoms with Crippen molar-refractivity contribution in [3.05, 3.63) is 17.8 Å². The average Bonchev–Trinajstić information content (AvgIpc) is 2.40. The second kappa shape index (κ2) is 7.79. The van der Waals surface area contributed by atoms with Gasteiger partial charge in [0.05, 0.1) is 29.8 Å². The largest absolute Gasteiger partial charge is 0.462 e. The summed E-state index contributed by atoms with van der Waals surface area (Å²) in [4.78, 5) is 15.7. The van der Waals surface area contributed by atoms with Crippen LogP contribution in [-0.2, 0) is 14.8 Å². The minimum atomic E-state index is -3.30. The van der Waals surface area contributed by atoms with Crippen molar-refractivity contribution in [3.8, 4) is 0 Å². The summed E-state index contributed by atoms with van der Waals surface area (Å²) in [5.74, 6) is -0.276. The molecule has 0 aliphatic rings. The van der Waals surface area contributed by atoms with E-state index in [0.717, 1.165) is 0 Å². The SMILES string of the molecule is CCNS(=O)(=O)CCNc1cc(C(=O)OCC)c(N)cn1. The molecule has 0 aromatic carbocycles. The molecule has 0 saturated carbocycles. The molecule has 0 radical (unpaired) electrons. The molecule has 9 heteroatoms. The van der Waals surface area contributed by atoms with Gasteiger partial charge in [0.2, 0.25) is 10.0 Å². The van der Waals surface area contributed by atoms with Crippen LogP contribution in [0.4, 0.5) is 11.5 Å². The highest BCUT2D eigenvalue weighted by molar-refractivity contribution is 7.89. The molecule has 21 heavy (non-hydrogen) atoms. The van der Waals surface area contributed by atoms with Crippen molar-refractivity contribution >= 4 is 27.5 Å². The highest BCUT2D eigenvalue weighted by atomic mass is 32.2. The summed E-state index contributed by atoms with van der Waals surface area (Å²) in [6.07, 6.45) is 1.33. The van der Waals surface area contributed by atoms with E-state index in [2.05, 4.69) is 15.0 Å². The number of nitrogens with two attached hydrogens (primary N) is 1. The summed E-state index contributed by atoms with van der Waals surface area (Å²) >= 11 is 0. The smallest absolute Gasteiger partial charge is 0.340 e. The highest BCUT2D eigenvalue weighted by Crippen LogP contribution is 2.15. The Balaban J connectivity index is 2.69. The van der Waals surface area contributed by atoms with Gasteiger partial charge < -0.3 is 15.8 Å². The normalized spacial score (nSPS) is 11.1. The van der Waals surface area contributed by atoms with Gasteiger partial charge in [-0.25, -0.2) is 22.9 Å². The summed E-state index contributed by atoms with van der Waals surface area (Å²) < 4.78 is 30.2. The van der Waals surface area contributed by atoms with Crippen molar-refractivity contribution in [2.75, 3.05) is 36.5 Å². The first-order valence-corrected chi connectivity index (χ1v) is 8.18. The number of anilines is 2. The predicted molar refractivity (Wildman–Crippen MR) is 80.6 cm³/mol. The zero-order valence-electron chi connectivity index (χ0n) is 12.0. The van der Waals surface area contributed by atoms with E-state index in [1.807, 2.05) is 0 Å². The molecule has 1 rings (SSSR count). The Kier molecular flexibility index (Phi) is 6.38. The van der Waals surface area contributed by atoms with E-state index in [-0.39, 0.29) is 30.2 Å². The Morgan fingerprint density at radius 1 is 1.43 bits per heavy atom. The molecule has 0 atom stereocenters. The fourth-order valence-corrected chi connectivity index (χ4v) is 2.51. The third-order valence-corrected chi connectivity index (χ3v) is 3.94. The van der Waals surface area contributed by atoms with Crippen molar-refractivity contribution in [2.24, 2.45) is 0 Å². The van der Waals surface area contributed by atoms with Gasteiger partial charge in [0.15, 0.2) is 0 Å². The molecule has 0 bridgehead atoms. The summed E-state index contributed by atoms with van der Waals surface area (Å²) in [5.41, 5.74) is 6.07. The zero-order valence-corrected chi connectivity index (χ0v) is 12.9. The van der Waals surface area contributed by atoms with Gasteiger partial charge in [-0.2, -0.15) is 0 Å². The number of rotatable bonds is 8. The van der Waals surface area contributed by atoms with Crippen LogP contribution in [0.15, 0.2) is 12.3 Å². The molecule has 118 valence electrons. The second-order valence-electron chi connectivity index (χ2n) is 4.12. The van der Waals surface area contributed by atoms with Crippen molar-refractivity contribution < 1.29 is 17.9 Å². The van der Waals surface area contributed by atoms with Gasteiger partial charge in [0, 0.05) is 13.1 Å². The van der Waals surface area contributed by atoms with Gasteiger partial charge in [-0.05, 0) is 13.0 Å². The summed E-state index contributed by atoms with van der Waals surface area (Å²) in [7, 11) is -3.30. The van der Waals surface area contributed by atoms with Gasteiger partial charge >= 0.3 is 5.97 Å². The average molecular weight is 316 g/mol. The molecular weight excluding hydrogens is 296 g/mol. The van der Waals surface area contributed by atoms with Crippen molar-refractivity contribution in [2.45, 2.75) is 13.8 Å². The topological polar surface area (TPSA) is 123 Å². The maximum atomic E-state index is 11.7. The van der Waals surface area contributed by atoms with E-state index in [9.17, 15) is 13.2 Å². The van der Waals surface area contributed by atoms with Gasteiger partial charge in [0.1, 0.15) is 5.82 Å². The van der Waals surface area contributed by atoms with Crippen molar-refractivity contribution in [1.29, 1.82) is 0 Å². The standard InChI is InChI=1S/C12H20N4O4S/c1-3-16-21(18,19)6-5-14-11-7-9(10(13)8-15-11)12(17)20-4-2/h7-8,16H,3-6,13H2,1-2H3,(H,14,15). The lowest BCUT2D eigenvalue weighted by atomic mass is 10.2. The van der Waals surface area contributed by atoms with Gasteiger partial charge in [-0.3, -0.25) is 0 Å². The maximum Gasteiger partial charge on any atom is 0.340 e. The van der Waals surface area contributed by atoms with Crippen LogP contribution in [0.2, 0.25) is 0 Å². The van der Waals surface area contributed by atoms with E-state index in [1.54, 1.807) is 13.8 Å². The third kappa shape index (κ3) is 5.56. The number of hydrogen-bond acceptors (Lipinski definition) is 7. The van der Waals surface area contributed by atoms with Crippen molar-refractivity contribution in [3.63, 3.8) is 0 Å². The molecule has 0 aliphatic carbocycles. The molecule has 1 aromatic rings. The summed E-state index contributed by atoms with van der Waals surface area (Å²) in [5, 5.41) is 2.83. The molecule has 8 nitrogen and oxygen atoms in total. The number of ether oxygens (including phenoxy) is 1. The lowest BCUT2D eigenvalue weighted by Gasteiger charge is -2.09. The van der Waals surface area contributed by atoms with Crippen LogP contribution in [0.5, 0.6) is 0 Å². The minimum Gasteiger partial charge on any atom is -0.462 e. The Morgan fingerprint density at radius 2 is 2.14 bits per heavy atom. The molecule has 0 fully saturated rings.